The maximum Gasteiger partial charge on any atom is 0.387 e. The molecule has 0 bridgehead atoms. The molecule has 7 rings (SSSR count). The van der Waals surface area contributed by atoms with Gasteiger partial charge in [0, 0.05) is 48.0 Å². The lowest BCUT2D eigenvalue weighted by Crippen LogP contribution is -2.35. The molecule has 0 spiro atoms. The molecule has 2 fully saturated rings. The normalized spacial score (nSPS) is 18.3. The summed E-state index contributed by atoms with van der Waals surface area (Å²) in [7, 11) is 1.67. The van der Waals surface area contributed by atoms with E-state index in [-0.39, 0.29) is 12.3 Å². The number of methoxy groups -OCH3 is 1. The summed E-state index contributed by atoms with van der Waals surface area (Å²) in [6.07, 6.45) is 2.43. The Labute approximate surface area is 295 Å². The predicted octanol–water partition coefficient (Wildman–Crippen LogP) is 8.34. The summed E-state index contributed by atoms with van der Waals surface area (Å²) >= 11 is 0. The number of ether oxygens (including phenoxy) is 2. The van der Waals surface area contributed by atoms with E-state index in [0.717, 1.165) is 64.3 Å². The fraction of sp³-hybridized carbons (Fsp3) is 0.375. The van der Waals surface area contributed by atoms with Crippen LogP contribution in [0.3, 0.4) is 0 Å². The van der Waals surface area contributed by atoms with Crippen LogP contribution in [0.2, 0.25) is 0 Å². The van der Waals surface area contributed by atoms with Crippen molar-refractivity contribution in [1.82, 2.24) is 19.8 Å². The molecule has 3 aromatic carbocycles. The van der Waals surface area contributed by atoms with Gasteiger partial charge in [-0.25, -0.2) is 9.97 Å². The molecular weight excluding hydrogens is 654 g/mol. The van der Waals surface area contributed by atoms with E-state index < -0.39 is 18.6 Å². The van der Waals surface area contributed by atoms with Crippen LogP contribution in [0.4, 0.5) is 8.78 Å². The third-order valence-electron chi connectivity index (χ3n) is 10.3. The van der Waals surface area contributed by atoms with E-state index in [4.69, 9.17) is 23.9 Å². The summed E-state index contributed by atoms with van der Waals surface area (Å²) < 4.78 is 43.8. The van der Waals surface area contributed by atoms with Crippen LogP contribution in [0.5, 0.6) is 11.6 Å². The van der Waals surface area contributed by atoms with Gasteiger partial charge in [-0.05, 0) is 92.6 Å². The number of fused-ring (bicyclic) bond motifs is 1. The minimum atomic E-state index is -3.05. The highest BCUT2D eigenvalue weighted by atomic mass is 19.3. The Bertz CT molecular complexity index is 2080. The van der Waals surface area contributed by atoms with Gasteiger partial charge in [0.05, 0.1) is 12.8 Å². The lowest BCUT2D eigenvalue weighted by atomic mass is 9.90. The minimum absolute atomic E-state index is 0.0573. The first-order chi connectivity index (χ1) is 24.6. The number of alkyl halides is 2. The third kappa shape index (κ3) is 7.05. The van der Waals surface area contributed by atoms with Crippen LogP contribution in [0.15, 0.2) is 65.1 Å². The second-order valence-electron chi connectivity index (χ2n) is 13.7. The van der Waals surface area contributed by atoms with E-state index in [0.29, 0.717) is 53.7 Å². The summed E-state index contributed by atoms with van der Waals surface area (Å²) in [4.78, 5) is 25.7. The Kier molecular flexibility index (Phi) is 9.76. The Morgan fingerprint density at radius 2 is 1.67 bits per heavy atom. The molecule has 0 aliphatic carbocycles. The predicted molar refractivity (Wildman–Crippen MR) is 191 cm³/mol. The van der Waals surface area contributed by atoms with Crippen LogP contribution in [0, 0.1) is 19.8 Å². The summed E-state index contributed by atoms with van der Waals surface area (Å²) in [6.45, 7) is 7.00. The second-order valence-corrected chi connectivity index (χ2v) is 13.7. The van der Waals surface area contributed by atoms with E-state index in [1.807, 2.05) is 25.1 Å². The standard InChI is InChI=1S/C40H42F2N4O5/c1-23-15-17-45(20-23)21-26-13-14-32(43-37(26)49-4)30-10-5-8-28(24(30)2)29-9-6-11-31(25(29)3)38-44-33-18-27(22-46-16-7-12-34(46)39(47)48)35(51-40(41)42)19-36(33)50-38/h5-6,8-11,13-14,18-19,23,34,40H,7,12,15-17,20-22H2,1-4H3,(H,47,48)/t23-,34+/m0/s1. The molecule has 2 saturated heterocycles. The number of aromatic nitrogens is 2. The fourth-order valence-corrected chi connectivity index (χ4v) is 7.65. The number of rotatable bonds is 11. The number of aliphatic carboxylic acids is 1. The molecule has 0 amide bonds. The largest absolute Gasteiger partial charge is 0.481 e. The van der Waals surface area contributed by atoms with Crippen LogP contribution in [0.1, 0.15) is 48.4 Å². The van der Waals surface area contributed by atoms with Gasteiger partial charge in [-0.3, -0.25) is 14.6 Å². The van der Waals surface area contributed by atoms with Gasteiger partial charge >= 0.3 is 12.6 Å². The van der Waals surface area contributed by atoms with Crippen LogP contribution in [-0.4, -0.2) is 70.2 Å². The summed E-state index contributed by atoms with van der Waals surface area (Å²) in [5.41, 5.74) is 8.90. The Hall–Kier alpha value is -4.87. The average Bonchev–Trinajstić information content (AvgIpc) is 3.85. The van der Waals surface area contributed by atoms with Gasteiger partial charge in [-0.15, -0.1) is 0 Å². The molecule has 2 aromatic heterocycles. The van der Waals surface area contributed by atoms with E-state index in [9.17, 15) is 18.7 Å². The average molecular weight is 697 g/mol. The first-order valence-electron chi connectivity index (χ1n) is 17.4. The molecule has 2 atom stereocenters. The van der Waals surface area contributed by atoms with E-state index >= 15 is 0 Å². The van der Waals surface area contributed by atoms with Crippen molar-refractivity contribution in [3.63, 3.8) is 0 Å². The highest BCUT2D eigenvalue weighted by molar-refractivity contribution is 5.84. The van der Waals surface area contributed by atoms with Gasteiger partial charge in [-0.2, -0.15) is 8.78 Å². The van der Waals surface area contributed by atoms with Crippen LogP contribution in [-0.2, 0) is 17.9 Å². The third-order valence-corrected chi connectivity index (χ3v) is 10.3. The van der Waals surface area contributed by atoms with Gasteiger partial charge in [-0.1, -0.05) is 43.3 Å². The number of carboxylic acid groups (broad SMARTS) is 1. The minimum Gasteiger partial charge on any atom is -0.481 e. The molecule has 0 unspecified atom stereocenters. The fourth-order valence-electron chi connectivity index (χ4n) is 7.65. The number of likely N-dealkylation sites (tertiary alicyclic amines) is 2. The number of hydrogen-bond acceptors (Lipinski definition) is 8. The molecule has 0 radical (unpaired) electrons. The lowest BCUT2D eigenvalue weighted by molar-refractivity contribution is -0.142. The number of oxazole rings is 1. The topological polar surface area (TPSA) is 101 Å². The number of halogens is 2. The van der Waals surface area contributed by atoms with Crippen molar-refractivity contribution in [2.45, 2.75) is 65.8 Å². The number of hydrogen-bond donors (Lipinski definition) is 1. The molecule has 5 aromatic rings. The van der Waals surface area contributed by atoms with Crippen molar-refractivity contribution in [2.75, 3.05) is 26.7 Å². The van der Waals surface area contributed by atoms with Gasteiger partial charge in [0.2, 0.25) is 11.8 Å². The molecule has 266 valence electrons. The SMILES string of the molecule is COc1nc(-c2cccc(-c3cccc(-c4nc5cc(CN6CCC[C@@H]6C(=O)O)c(OC(F)F)cc5o4)c3C)c2C)ccc1CN1CC[C@H](C)C1. The van der Waals surface area contributed by atoms with Crippen molar-refractivity contribution < 1.29 is 32.6 Å². The van der Waals surface area contributed by atoms with Crippen LogP contribution in [0.25, 0.3) is 44.9 Å². The molecule has 51 heavy (non-hydrogen) atoms. The van der Waals surface area contributed by atoms with Gasteiger partial charge in [0.15, 0.2) is 5.58 Å². The Morgan fingerprint density at radius 3 is 2.35 bits per heavy atom. The van der Waals surface area contributed by atoms with Crippen molar-refractivity contribution in [3.8, 4) is 45.5 Å². The number of benzene rings is 3. The Morgan fingerprint density at radius 1 is 0.941 bits per heavy atom. The van der Waals surface area contributed by atoms with E-state index in [1.54, 1.807) is 18.1 Å². The molecule has 1 N–H and O–H groups in total. The molecule has 4 heterocycles. The van der Waals surface area contributed by atoms with Crippen molar-refractivity contribution >= 4 is 17.1 Å². The first kappa shape index (κ1) is 34.6. The Balaban J connectivity index is 1.21. The second kappa shape index (κ2) is 14.4. The molecular formula is C40H42F2N4O5. The molecule has 11 heteroatoms. The van der Waals surface area contributed by atoms with Crippen molar-refractivity contribution in [1.29, 1.82) is 0 Å². The zero-order valence-corrected chi connectivity index (χ0v) is 29.3. The van der Waals surface area contributed by atoms with Crippen molar-refractivity contribution in [3.05, 3.63) is 82.9 Å². The molecule has 2 aliphatic rings. The maximum atomic E-state index is 13.5. The molecule has 0 saturated carbocycles. The quantitative estimate of drug-likeness (QED) is 0.146. The number of carbonyl (C=O) groups is 1. The number of nitrogens with zero attached hydrogens (tertiary/aromatic N) is 4. The summed E-state index contributed by atoms with van der Waals surface area (Å²) in [6, 6.07) is 18.7. The zero-order valence-electron chi connectivity index (χ0n) is 29.3. The monoisotopic (exact) mass is 696 g/mol. The highest BCUT2D eigenvalue weighted by Gasteiger charge is 2.31. The van der Waals surface area contributed by atoms with Gasteiger partial charge < -0.3 is 19.0 Å². The molecule has 2 aliphatic heterocycles. The van der Waals surface area contributed by atoms with Crippen LogP contribution >= 0.6 is 0 Å². The van der Waals surface area contributed by atoms with Crippen molar-refractivity contribution in [2.24, 2.45) is 5.92 Å². The smallest absolute Gasteiger partial charge is 0.387 e. The summed E-state index contributed by atoms with van der Waals surface area (Å²) in [5.74, 6) is 0.696. The summed E-state index contributed by atoms with van der Waals surface area (Å²) in [5, 5.41) is 9.65. The molecule has 9 nitrogen and oxygen atoms in total. The van der Waals surface area contributed by atoms with Gasteiger partial charge in [0.1, 0.15) is 17.3 Å². The number of pyridine rings is 1. The van der Waals surface area contributed by atoms with E-state index in [1.165, 1.54) is 12.5 Å². The zero-order chi connectivity index (χ0) is 35.8. The lowest BCUT2D eigenvalue weighted by Gasteiger charge is -2.22. The first-order valence-corrected chi connectivity index (χ1v) is 17.4. The van der Waals surface area contributed by atoms with E-state index in [2.05, 4.69) is 49.1 Å². The maximum absolute atomic E-state index is 13.5. The van der Waals surface area contributed by atoms with Crippen LogP contribution < -0.4 is 9.47 Å². The number of carboxylic acids is 1. The van der Waals surface area contributed by atoms with Gasteiger partial charge in [0.25, 0.3) is 0 Å². The highest BCUT2D eigenvalue weighted by Crippen LogP contribution is 2.39.